The number of amides is 6. The molecule has 3 atom stereocenters. The number of H-pyrrole nitrogens is 2. The molecule has 11 N–H and O–H groups in total. The molecule has 5 aromatic heterocycles. The van der Waals surface area contributed by atoms with Crippen molar-refractivity contribution in [2.24, 2.45) is 33.7 Å². The van der Waals surface area contributed by atoms with Crippen molar-refractivity contribution in [3.8, 4) is 22.9 Å². The van der Waals surface area contributed by atoms with Crippen molar-refractivity contribution >= 4 is 122 Å². The summed E-state index contributed by atoms with van der Waals surface area (Å²) in [6, 6.07) is 34.2. The average molecular weight is 1710 g/mol. The summed E-state index contributed by atoms with van der Waals surface area (Å²) in [5, 5.41) is 42.0. The van der Waals surface area contributed by atoms with E-state index in [1.54, 1.807) is 90.4 Å². The molecule has 0 saturated carbocycles. The number of carbonyl (C=O) groups excluding carboxylic acids is 6. The number of benzene rings is 5. The number of hydrogen-bond acceptors (Lipinski definition) is 18. The molecule has 10 aromatic rings. The van der Waals surface area contributed by atoms with Gasteiger partial charge in [0.25, 0.3) is 11.8 Å². The molecular weight excluding hydrogens is 1600 g/mol. The zero-order valence-electron chi connectivity index (χ0n) is 67.8. The molecule has 5 aliphatic rings. The summed E-state index contributed by atoms with van der Waals surface area (Å²) in [5.41, 5.74) is 25.1. The Bertz CT molecular complexity index is 5210. The number of aromatic amines is 2. The van der Waals surface area contributed by atoms with Crippen LogP contribution in [0.25, 0.3) is 44.7 Å². The van der Waals surface area contributed by atoms with E-state index in [1.165, 1.54) is 66.7 Å². The third kappa shape index (κ3) is 20.7. The van der Waals surface area contributed by atoms with Crippen molar-refractivity contribution < 1.29 is 61.7 Å². The number of unbranched alkanes of at least 4 members (excludes halogenated alkanes) is 3. The predicted molar refractivity (Wildman–Crippen MR) is 451 cm³/mol. The van der Waals surface area contributed by atoms with Gasteiger partial charge in [-0.1, -0.05) is 83.1 Å². The maximum absolute atomic E-state index is 13.8. The van der Waals surface area contributed by atoms with Crippen LogP contribution in [0.1, 0.15) is 183 Å². The van der Waals surface area contributed by atoms with Crippen LogP contribution in [-0.4, -0.2) is 132 Å². The number of nitrogens with zero attached hydrogens (tertiary/aromatic N) is 5. The van der Waals surface area contributed by atoms with Crippen LogP contribution < -0.4 is 41.6 Å². The molecule has 5 aromatic carbocycles. The third-order valence-electron chi connectivity index (χ3n) is 21.4. The van der Waals surface area contributed by atoms with Crippen LogP contribution in [-0.2, 0) is 62.4 Å². The van der Waals surface area contributed by atoms with Crippen molar-refractivity contribution in [1.82, 2.24) is 46.9 Å². The number of carbonyl (C=O) groups is 7. The first-order chi connectivity index (χ1) is 55.0. The first-order valence-corrected chi connectivity index (χ1v) is 47.1. The van der Waals surface area contributed by atoms with Crippen molar-refractivity contribution in [2.45, 2.75) is 203 Å². The quantitative estimate of drug-likeness (QED) is 0.0282. The molecule has 29 heteroatoms. The molecule has 0 spiro atoms. The molecule has 116 heavy (non-hydrogen) atoms. The van der Waals surface area contributed by atoms with Gasteiger partial charge in [0.15, 0.2) is 11.5 Å². The number of carboxylic acid groups (broad SMARTS) is 1. The molecular formula is C87H105ClN14O13Sn. The Balaban J connectivity index is 0.000000159. The number of aliphatic carboxylic acids is 1. The number of halogens is 1. The fourth-order valence-electron chi connectivity index (χ4n) is 16.0. The van der Waals surface area contributed by atoms with E-state index in [-0.39, 0.29) is 42.0 Å². The smallest absolute Gasteiger partial charge is 0.408 e. The van der Waals surface area contributed by atoms with E-state index in [1.807, 2.05) is 74.5 Å². The fourth-order valence-corrected chi connectivity index (χ4v) is 31.2. The zero-order chi connectivity index (χ0) is 82.0. The van der Waals surface area contributed by atoms with Gasteiger partial charge in [0, 0.05) is 56.4 Å². The summed E-state index contributed by atoms with van der Waals surface area (Å²) in [5.74, 6) is -1.79. The van der Waals surface area contributed by atoms with Gasteiger partial charge in [-0.2, -0.15) is 10.2 Å². The number of fused-ring (bicyclic) bond motifs is 3. The average Bonchev–Trinajstić information content (AvgIpc) is 1.60. The summed E-state index contributed by atoms with van der Waals surface area (Å²) in [6.07, 6.45) is 14.0. The summed E-state index contributed by atoms with van der Waals surface area (Å²) in [7, 11) is 0. The van der Waals surface area contributed by atoms with Gasteiger partial charge in [0.2, 0.25) is 11.8 Å². The largest absolute Gasteiger partial charge is 0.444 e. The number of hydrazone groups is 2. The molecule has 7 heterocycles. The Kier molecular flexibility index (Phi) is 27.7. The molecule has 0 bridgehead atoms. The van der Waals surface area contributed by atoms with Crippen molar-refractivity contribution in [3.05, 3.63) is 188 Å². The SMILES string of the molecule is CC(C)(C)OC(=O)N[C@@H](C(=O)O)C1Cc2ccccc2C1.CCC[CH2][Sn]([CH2]CCC)([CH2]CCC)[c]1cc(C)no1.Cc1cc(-c2[nH]c3cc(NC(=O)[C@H](N)C4Cc5ccccc5C4)cc4c3c2C=NNC4=O)on1.Cc1cc(-c2[nH]c3cc(NC(=O)[C@H](NC(=O)OC(C)(C)C)C4Cc5ccccc5C4)cc4c3c2C=NNC4=O)on1.Cl. The Labute approximate surface area is 684 Å². The first-order valence-electron chi connectivity index (χ1n) is 39.6. The maximum atomic E-state index is 13.8. The number of nitrogens with two attached hydrogens (primary N) is 1. The molecule has 0 radical (unpaired) electrons. The predicted octanol–water partition coefficient (Wildman–Crippen LogP) is 15.2. The minimum Gasteiger partial charge on any atom is -0.444 e. The van der Waals surface area contributed by atoms with E-state index in [0.29, 0.717) is 110 Å². The number of nitrogens with one attached hydrogen (secondary N) is 8. The second kappa shape index (κ2) is 37.4. The van der Waals surface area contributed by atoms with Gasteiger partial charge in [-0.25, -0.2) is 25.2 Å². The van der Waals surface area contributed by atoms with Gasteiger partial charge in [-0.05, 0) is 169 Å². The number of hydrogen-bond donors (Lipinski definition) is 10. The fraction of sp³-hybridized carbons (Fsp3) is 0.402. The minimum atomic E-state index is -2.30. The number of alkyl carbamates (subject to hydrolysis) is 2. The normalized spacial score (nSPS) is 14.9. The summed E-state index contributed by atoms with van der Waals surface area (Å²) >= 11 is -2.30. The number of carboxylic acids is 1. The van der Waals surface area contributed by atoms with Crippen molar-refractivity contribution in [2.75, 3.05) is 10.6 Å². The molecule has 3 aliphatic carbocycles. The van der Waals surface area contributed by atoms with Gasteiger partial charge in [-0.15, -0.1) is 12.4 Å². The monoisotopic (exact) mass is 1710 g/mol. The molecule has 2 aliphatic heterocycles. The van der Waals surface area contributed by atoms with Gasteiger partial charge >= 0.3 is 141 Å². The van der Waals surface area contributed by atoms with E-state index in [9.17, 15) is 38.7 Å². The molecule has 612 valence electrons. The molecule has 0 saturated heterocycles. The summed E-state index contributed by atoms with van der Waals surface area (Å²) < 4.78 is 33.0. The number of rotatable bonds is 22. The zero-order valence-corrected chi connectivity index (χ0v) is 71.4. The van der Waals surface area contributed by atoms with Crippen LogP contribution in [0.4, 0.5) is 21.0 Å². The standard InChI is InChI=1S/C30H30N6O5.C25H22N6O3.C16H21NO4.C4H4NO.3C4H9.ClH.Sn/c1-15-9-23(41-36-15)26-21-14-31-35-27(37)20-12-19(13-22(33-26)24(20)21)32-28(38)25(34-29(39)40-30(2,3)4)18-10-16-7-5-6-8-17(16)11-18;1-12-6-20(34-31-12)23-18-11-27-30-24(32)17-9-16(10-19(29-23)21(17)18)28-25(33)22(26)15-7-13-4-2-3-5-14(13)8-15;1-16(2,3)21-15(20)17-13(14(18)19)12-8-10-6-4-5-7-11(10)9-12;1-4-2-3-6-5-4;3*1-3-4-2;;/h5-9,12-14,18,25,33H,10-11H2,1-4H3,(H,32,38)(H,34,39)(H,35,37);2-6,9-11,15,22,29H,7-8,26H2,1H3,(H,28,33)(H,30,32);4-7,12-13H,8-9H2,1-3H3,(H,17,20)(H,18,19);2H,1H3;3*1,3-4H2,2H3;1H;/t25-;22-;13-;;;;;;/m111....../s1. The first kappa shape index (κ1) is 86.0. The van der Waals surface area contributed by atoms with Crippen molar-refractivity contribution in [3.63, 3.8) is 0 Å². The number of aromatic nitrogens is 5. The third-order valence-corrected chi connectivity index (χ3v) is 36.3. The Morgan fingerprint density at radius 2 is 0.888 bits per heavy atom. The van der Waals surface area contributed by atoms with Gasteiger partial charge in [-0.3, -0.25) is 19.2 Å². The Morgan fingerprint density at radius 1 is 0.526 bits per heavy atom. The molecule has 0 unspecified atom stereocenters. The topological polar surface area (TPSA) is 391 Å². The van der Waals surface area contributed by atoms with Crippen LogP contribution >= 0.6 is 12.4 Å². The molecule has 27 nitrogen and oxygen atoms in total. The van der Waals surface area contributed by atoms with Crippen LogP contribution in [0.3, 0.4) is 0 Å². The minimum absolute atomic E-state index is 0. The number of ether oxygens (including phenoxy) is 2. The number of anilines is 2. The van der Waals surface area contributed by atoms with Crippen LogP contribution in [0.2, 0.25) is 13.3 Å². The molecule has 0 fully saturated rings. The van der Waals surface area contributed by atoms with E-state index < -0.39 is 77.7 Å². The Morgan fingerprint density at radius 3 is 1.24 bits per heavy atom. The summed E-state index contributed by atoms with van der Waals surface area (Å²) in [4.78, 5) is 95.2. The van der Waals surface area contributed by atoms with Gasteiger partial charge < -0.3 is 60.6 Å². The van der Waals surface area contributed by atoms with Gasteiger partial charge in [0.05, 0.1) is 52.4 Å². The van der Waals surface area contributed by atoms with E-state index in [0.717, 1.165) is 46.5 Å². The van der Waals surface area contributed by atoms with Crippen LogP contribution in [0.15, 0.2) is 139 Å². The van der Waals surface area contributed by atoms with E-state index in [4.69, 9.17) is 28.8 Å². The second-order valence-electron chi connectivity index (χ2n) is 32.6. The number of aryl methyl sites for hydroxylation is 3. The van der Waals surface area contributed by atoms with E-state index >= 15 is 0 Å². The molecule has 15 rings (SSSR count). The van der Waals surface area contributed by atoms with Crippen LogP contribution in [0.5, 0.6) is 0 Å². The van der Waals surface area contributed by atoms with Crippen LogP contribution in [0, 0.1) is 38.5 Å². The van der Waals surface area contributed by atoms with E-state index in [2.05, 4.69) is 114 Å². The van der Waals surface area contributed by atoms with Crippen molar-refractivity contribution in [1.29, 1.82) is 0 Å². The summed E-state index contributed by atoms with van der Waals surface area (Å²) in [6.45, 7) is 23.2. The van der Waals surface area contributed by atoms with Gasteiger partial charge in [0.1, 0.15) is 23.3 Å². The Hall–Kier alpha value is -10.9. The second-order valence-corrected chi connectivity index (χ2v) is 45.6. The molecule has 6 amide bonds. The maximum Gasteiger partial charge on any atom is 0.408 e.